The zero-order valence-electron chi connectivity index (χ0n) is 7.97. The highest BCUT2D eigenvalue weighted by molar-refractivity contribution is 6.56. The number of carboxylic acid groups (broad SMARTS) is 1. The Morgan fingerprint density at radius 2 is 1.85 bits per heavy atom. The van der Waals surface area contributed by atoms with Crippen LogP contribution in [0.25, 0.3) is 0 Å². The molecule has 76 valence electrons. The number of carbonyl (C=O) groups is 1. The lowest BCUT2D eigenvalue weighted by atomic mass is 9.90. The third kappa shape index (κ3) is 4.53. The van der Waals surface area contributed by atoms with Gasteiger partial charge < -0.3 is 5.11 Å². The van der Waals surface area contributed by atoms with Crippen LogP contribution in [0.4, 0.5) is 0 Å². The average molecular weight is 225 g/mol. The highest BCUT2D eigenvalue weighted by Crippen LogP contribution is 2.25. The molecular formula is C9H14Cl2O2. The largest absolute Gasteiger partial charge is 0.481 e. The summed E-state index contributed by atoms with van der Waals surface area (Å²) < 4.78 is 0.173. The van der Waals surface area contributed by atoms with Crippen LogP contribution in [0.2, 0.25) is 0 Å². The second kappa shape index (κ2) is 5.51. The van der Waals surface area contributed by atoms with E-state index < -0.39 is 11.9 Å². The predicted octanol–water partition coefficient (Wildman–Crippen LogP) is 3.44. The first-order valence-corrected chi connectivity index (χ1v) is 4.85. The third-order valence-corrected chi connectivity index (χ3v) is 2.62. The average Bonchev–Trinajstić information content (AvgIpc) is 1.97. The molecule has 1 unspecified atom stereocenters. The van der Waals surface area contributed by atoms with E-state index in [2.05, 4.69) is 0 Å². The van der Waals surface area contributed by atoms with E-state index in [1.165, 1.54) is 0 Å². The fourth-order valence-electron chi connectivity index (χ4n) is 1.02. The standard InChI is InChI=1S/C9H14Cl2O2/c1-5(2)7(9(12)13)4-6(3)8(10)11/h5,7H,4H2,1-3H3,(H,12,13). The van der Waals surface area contributed by atoms with Gasteiger partial charge in [-0.3, -0.25) is 4.79 Å². The number of aliphatic carboxylic acids is 1. The molecule has 0 bridgehead atoms. The van der Waals surface area contributed by atoms with Crippen molar-refractivity contribution < 1.29 is 9.90 Å². The minimum atomic E-state index is -0.802. The molecule has 0 aromatic heterocycles. The van der Waals surface area contributed by atoms with Crippen molar-refractivity contribution in [2.75, 3.05) is 0 Å². The summed E-state index contributed by atoms with van der Waals surface area (Å²) in [5, 5.41) is 8.87. The molecule has 1 atom stereocenters. The molecule has 13 heavy (non-hydrogen) atoms. The van der Waals surface area contributed by atoms with E-state index in [0.29, 0.717) is 6.42 Å². The van der Waals surface area contributed by atoms with Gasteiger partial charge in [0, 0.05) is 0 Å². The van der Waals surface area contributed by atoms with E-state index in [-0.39, 0.29) is 10.4 Å². The summed E-state index contributed by atoms with van der Waals surface area (Å²) in [6.07, 6.45) is 0.412. The van der Waals surface area contributed by atoms with Crippen molar-refractivity contribution in [3.05, 3.63) is 10.1 Å². The van der Waals surface area contributed by atoms with Crippen LogP contribution in [-0.4, -0.2) is 11.1 Å². The molecule has 4 heteroatoms. The first-order chi connectivity index (χ1) is 5.86. The molecule has 0 aromatic carbocycles. The lowest BCUT2D eigenvalue weighted by Gasteiger charge is -2.16. The number of rotatable bonds is 4. The Morgan fingerprint density at radius 3 is 2.08 bits per heavy atom. The molecule has 0 heterocycles. The van der Waals surface area contributed by atoms with E-state index in [1.54, 1.807) is 6.92 Å². The number of hydrogen-bond acceptors (Lipinski definition) is 1. The van der Waals surface area contributed by atoms with Gasteiger partial charge in [-0.05, 0) is 24.8 Å². The van der Waals surface area contributed by atoms with Crippen LogP contribution in [0.15, 0.2) is 10.1 Å². The Balaban J connectivity index is 4.45. The summed E-state index contributed by atoms with van der Waals surface area (Å²) in [4.78, 5) is 10.8. The third-order valence-electron chi connectivity index (χ3n) is 1.97. The maximum atomic E-state index is 10.8. The topological polar surface area (TPSA) is 37.3 Å². The minimum Gasteiger partial charge on any atom is -0.481 e. The first-order valence-electron chi connectivity index (χ1n) is 4.09. The second-order valence-corrected chi connectivity index (χ2v) is 4.38. The summed E-state index contributed by atoms with van der Waals surface area (Å²) in [5.41, 5.74) is 0.726. The maximum Gasteiger partial charge on any atom is 0.307 e. The van der Waals surface area contributed by atoms with Crippen LogP contribution in [0.3, 0.4) is 0 Å². The Labute approximate surface area is 88.5 Å². The van der Waals surface area contributed by atoms with Crippen molar-refractivity contribution in [1.82, 2.24) is 0 Å². The van der Waals surface area contributed by atoms with Crippen molar-refractivity contribution >= 4 is 29.2 Å². The van der Waals surface area contributed by atoms with Gasteiger partial charge in [-0.1, -0.05) is 37.0 Å². The molecule has 0 aliphatic rings. The lowest BCUT2D eigenvalue weighted by molar-refractivity contribution is -0.143. The SMILES string of the molecule is CC(CC(C(=O)O)C(C)C)=C(Cl)Cl. The fourth-order valence-corrected chi connectivity index (χ4v) is 1.17. The maximum absolute atomic E-state index is 10.8. The lowest BCUT2D eigenvalue weighted by Crippen LogP contribution is -2.19. The molecule has 0 spiro atoms. The van der Waals surface area contributed by atoms with Gasteiger partial charge in [0.15, 0.2) is 0 Å². The van der Waals surface area contributed by atoms with Gasteiger partial charge in [-0.2, -0.15) is 0 Å². The molecule has 0 radical (unpaired) electrons. The number of hydrogen-bond donors (Lipinski definition) is 1. The summed E-state index contributed by atoms with van der Waals surface area (Å²) in [5.74, 6) is -1.13. The van der Waals surface area contributed by atoms with E-state index in [9.17, 15) is 4.79 Å². The summed E-state index contributed by atoms with van der Waals surface area (Å²) in [7, 11) is 0. The quantitative estimate of drug-likeness (QED) is 0.795. The van der Waals surface area contributed by atoms with Crippen molar-refractivity contribution in [1.29, 1.82) is 0 Å². The Kier molecular flexibility index (Phi) is 5.42. The summed E-state index contributed by atoms with van der Waals surface area (Å²) >= 11 is 11.1. The van der Waals surface area contributed by atoms with Crippen LogP contribution in [0.1, 0.15) is 27.2 Å². The minimum absolute atomic E-state index is 0.0835. The van der Waals surface area contributed by atoms with E-state index in [1.807, 2.05) is 13.8 Å². The molecule has 0 saturated carbocycles. The Morgan fingerprint density at radius 1 is 1.38 bits per heavy atom. The van der Waals surface area contributed by atoms with Crippen molar-refractivity contribution in [3.63, 3.8) is 0 Å². The Hall–Kier alpha value is -0.210. The molecule has 0 aliphatic carbocycles. The van der Waals surface area contributed by atoms with Gasteiger partial charge in [0.1, 0.15) is 4.49 Å². The van der Waals surface area contributed by atoms with Gasteiger partial charge in [0.25, 0.3) is 0 Å². The molecule has 0 rings (SSSR count). The predicted molar refractivity (Wildman–Crippen MR) is 55.0 cm³/mol. The van der Waals surface area contributed by atoms with Crippen molar-refractivity contribution in [2.45, 2.75) is 27.2 Å². The fraction of sp³-hybridized carbons (Fsp3) is 0.667. The van der Waals surface area contributed by atoms with Gasteiger partial charge in [-0.15, -0.1) is 0 Å². The van der Waals surface area contributed by atoms with Gasteiger partial charge in [-0.25, -0.2) is 0 Å². The van der Waals surface area contributed by atoms with Gasteiger partial charge >= 0.3 is 5.97 Å². The van der Waals surface area contributed by atoms with Crippen molar-refractivity contribution in [3.8, 4) is 0 Å². The molecule has 0 saturated heterocycles. The second-order valence-electron chi connectivity index (χ2n) is 3.43. The molecule has 2 nitrogen and oxygen atoms in total. The number of allylic oxidation sites excluding steroid dienone is 1. The Bertz CT molecular complexity index is 218. The monoisotopic (exact) mass is 224 g/mol. The molecule has 0 aliphatic heterocycles. The van der Waals surface area contributed by atoms with Crippen LogP contribution in [0.5, 0.6) is 0 Å². The molecule has 0 fully saturated rings. The van der Waals surface area contributed by atoms with E-state index in [4.69, 9.17) is 28.3 Å². The van der Waals surface area contributed by atoms with E-state index in [0.717, 1.165) is 5.57 Å². The molecular weight excluding hydrogens is 211 g/mol. The molecule has 1 N–H and O–H groups in total. The molecule has 0 aromatic rings. The van der Waals surface area contributed by atoms with Crippen LogP contribution in [-0.2, 0) is 4.79 Å². The normalized spacial score (nSPS) is 12.8. The smallest absolute Gasteiger partial charge is 0.307 e. The molecule has 0 amide bonds. The van der Waals surface area contributed by atoms with Crippen LogP contribution >= 0.6 is 23.2 Å². The van der Waals surface area contributed by atoms with E-state index >= 15 is 0 Å². The highest BCUT2D eigenvalue weighted by Gasteiger charge is 2.22. The first kappa shape index (κ1) is 12.8. The highest BCUT2D eigenvalue weighted by atomic mass is 35.5. The summed E-state index contributed by atoms with van der Waals surface area (Å²) in [6, 6.07) is 0. The zero-order valence-corrected chi connectivity index (χ0v) is 9.49. The van der Waals surface area contributed by atoms with Gasteiger partial charge in [0.05, 0.1) is 5.92 Å². The van der Waals surface area contributed by atoms with Crippen LogP contribution < -0.4 is 0 Å². The summed E-state index contributed by atoms with van der Waals surface area (Å²) in [6.45, 7) is 5.48. The van der Waals surface area contributed by atoms with Gasteiger partial charge in [0.2, 0.25) is 0 Å². The van der Waals surface area contributed by atoms with Crippen LogP contribution in [0, 0.1) is 11.8 Å². The number of halogens is 2. The van der Waals surface area contributed by atoms with Crippen molar-refractivity contribution in [2.24, 2.45) is 11.8 Å². The number of carboxylic acids is 1. The zero-order chi connectivity index (χ0) is 10.6.